The Bertz CT molecular complexity index is 828. The molecule has 5 nitrogen and oxygen atoms in total. The topological polar surface area (TPSA) is 72.2 Å². The third-order valence-electron chi connectivity index (χ3n) is 4.26. The minimum atomic E-state index is -4.49. The van der Waals surface area contributed by atoms with Gasteiger partial charge in [-0.25, -0.2) is 0 Å². The summed E-state index contributed by atoms with van der Waals surface area (Å²) in [6.45, 7) is 0. The molecule has 1 amide bonds. The molecule has 0 aromatic heterocycles. The summed E-state index contributed by atoms with van der Waals surface area (Å²) >= 11 is 0. The third-order valence-corrected chi connectivity index (χ3v) is 4.26. The Morgan fingerprint density at radius 1 is 1.12 bits per heavy atom. The summed E-state index contributed by atoms with van der Waals surface area (Å²) in [4.78, 5) is 22.7. The van der Waals surface area contributed by atoms with Gasteiger partial charge in [-0.1, -0.05) is 18.2 Å². The van der Waals surface area contributed by atoms with Crippen molar-refractivity contribution in [2.75, 3.05) is 5.32 Å². The van der Waals surface area contributed by atoms with Crippen LogP contribution < -0.4 is 5.32 Å². The second-order valence-corrected chi connectivity index (χ2v) is 5.92. The molecule has 0 aliphatic heterocycles. The minimum Gasteiger partial charge on any atom is -0.325 e. The summed E-state index contributed by atoms with van der Waals surface area (Å²) in [6.07, 6.45) is -3.42. The number of carbonyl (C=O) groups is 1. The average molecular weight is 350 g/mol. The lowest BCUT2D eigenvalue weighted by atomic mass is 9.94. The van der Waals surface area contributed by atoms with Crippen LogP contribution in [0, 0.1) is 10.1 Å². The molecule has 8 heteroatoms. The Hall–Kier alpha value is -2.90. The van der Waals surface area contributed by atoms with Crippen LogP contribution in [0.2, 0.25) is 0 Å². The Kier molecular flexibility index (Phi) is 3.98. The van der Waals surface area contributed by atoms with Gasteiger partial charge < -0.3 is 5.32 Å². The average Bonchev–Trinajstić information content (AvgIpc) is 3.36. The maximum absolute atomic E-state index is 12.8. The number of nitro benzene ring substituents is 1. The fourth-order valence-electron chi connectivity index (χ4n) is 2.70. The van der Waals surface area contributed by atoms with E-state index in [1.54, 1.807) is 0 Å². The lowest BCUT2D eigenvalue weighted by Crippen LogP contribution is -2.27. The van der Waals surface area contributed by atoms with Crippen molar-refractivity contribution in [1.29, 1.82) is 0 Å². The van der Waals surface area contributed by atoms with Crippen LogP contribution in [0.1, 0.15) is 24.0 Å². The van der Waals surface area contributed by atoms with Gasteiger partial charge in [0.25, 0.3) is 5.69 Å². The van der Waals surface area contributed by atoms with Gasteiger partial charge in [0, 0.05) is 17.8 Å². The highest BCUT2D eigenvalue weighted by molar-refractivity contribution is 6.01. The molecule has 2 aromatic carbocycles. The molecule has 0 radical (unpaired) electrons. The quantitative estimate of drug-likeness (QED) is 0.661. The van der Waals surface area contributed by atoms with E-state index in [0.29, 0.717) is 18.4 Å². The van der Waals surface area contributed by atoms with Crippen molar-refractivity contribution in [3.05, 3.63) is 69.8 Å². The predicted octanol–water partition coefficient (Wildman–Crippen LogP) is 4.28. The lowest BCUT2D eigenvalue weighted by Gasteiger charge is -2.16. The Labute approximate surface area is 140 Å². The number of anilines is 1. The summed E-state index contributed by atoms with van der Waals surface area (Å²) in [5, 5.41) is 13.2. The third kappa shape index (κ3) is 3.33. The molecular formula is C17H13F3N2O3. The van der Waals surface area contributed by atoms with Gasteiger partial charge in [0.05, 0.1) is 15.9 Å². The summed E-state index contributed by atoms with van der Waals surface area (Å²) in [6, 6.07) is 10.1. The van der Waals surface area contributed by atoms with E-state index < -0.39 is 28.0 Å². The van der Waals surface area contributed by atoms with Crippen molar-refractivity contribution in [2.45, 2.75) is 24.4 Å². The zero-order valence-corrected chi connectivity index (χ0v) is 12.8. The second kappa shape index (κ2) is 5.87. The first-order chi connectivity index (χ1) is 11.7. The number of hydrogen-bond donors (Lipinski definition) is 1. The van der Waals surface area contributed by atoms with E-state index in [9.17, 15) is 28.1 Å². The van der Waals surface area contributed by atoms with Crippen molar-refractivity contribution in [1.82, 2.24) is 0 Å². The Morgan fingerprint density at radius 3 is 2.28 bits per heavy atom. The number of hydrogen-bond acceptors (Lipinski definition) is 3. The highest BCUT2D eigenvalue weighted by atomic mass is 19.4. The van der Waals surface area contributed by atoms with Crippen molar-refractivity contribution in [2.24, 2.45) is 0 Å². The molecule has 130 valence electrons. The van der Waals surface area contributed by atoms with Gasteiger partial charge in [0.2, 0.25) is 5.91 Å². The van der Waals surface area contributed by atoms with Gasteiger partial charge in [0.1, 0.15) is 0 Å². The van der Waals surface area contributed by atoms with Crippen LogP contribution in [0.15, 0.2) is 48.5 Å². The van der Waals surface area contributed by atoms with Crippen molar-refractivity contribution >= 4 is 17.3 Å². The Balaban J connectivity index is 1.80. The maximum Gasteiger partial charge on any atom is 0.416 e. The number of carbonyl (C=O) groups excluding carboxylic acids is 1. The molecule has 1 aliphatic rings. The summed E-state index contributed by atoms with van der Waals surface area (Å²) < 4.78 is 38.3. The van der Waals surface area contributed by atoms with Crippen molar-refractivity contribution < 1.29 is 22.9 Å². The van der Waals surface area contributed by atoms with E-state index in [-0.39, 0.29) is 11.4 Å². The van der Waals surface area contributed by atoms with Gasteiger partial charge in [-0.2, -0.15) is 13.2 Å². The number of nitrogens with zero attached hydrogens (tertiary/aromatic N) is 1. The molecule has 25 heavy (non-hydrogen) atoms. The largest absolute Gasteiger partial charge is 0.416 e. The number of amides is 1. The predicted molar refractivity (Wildman–Crippen MR) is 84.1 cm³/mol. The number of halogens is 3. The number of alkyl halides is 3. The smallest absolute Gasteiger partial charge is 0.325 e. The Morgan fingerprint density at radius 2 is 1.76 bits per heavy atom. The molecule has 1 fully saturated rings. The van der Waals surface area contributed by atoms with E-state index in [1.165, 1.54) is 36.4 Å². The highest BCUT2D eigenvalue weighted by Crippen LogP contribution is 2.49. The number of nitro groups is 1. The van der Waals surface area contributed by atoms with Crippen LogP contribution in [0.4, 0.5) is 24.5 Å². The first kappa shape index (κ1) is 16.9. The summed E-state index contributed by atoms with van der Waals surface area (Å²) in [5.74, 6) is -0.416. The number of benzene rings is 2. The van der Waals surface area contributed by atoms with Gasteiger partial charge in [-0.3, -0.25) is 14.9 Å². The van der Waals surface area contributed by atoms with Crippen LogP contribution in [-0.4, -0.2) is 10.8 Å². The van der Waals surface area contributed by atoms with Crippen LogP contribution in [0.25, 0.3) is 0 Å². The fourth-order valence-corrected chi connectivity index (χ4v) is 2.70. The van der Waals surface area contributed by atoms with Gasteiger partial charge in [-0.05, 0) is 36.6 Å². The monoisotopic (exact) mass is 350 g/mol. The molecule has 3 rings (SSSR count). The normalized spacial score (nSPS) is 15.5. The van der Waals surface area contributed by atoms with Crippen LogP contribution >= 0.6 is 0 Å². The number of nitrogens with one attached hydrogen (secondary N) is 1. The number of non-ortho nitro benzene ring substituents is 1. The molecule has 0 atom stereocenters. The fraction of sp³-hybridized carbons (Fsp3) is 0.235. The first-order valence-corrected chi connectivity index (χ1v) is 7.46. The van der Waals surface area contributed by atoms with Gasteiger partial charge in [0.15, 0.2) is 0 Å². The van der Waals surface area contributed by atoms with E-state index in [4.69, 9.17) is 0 Å². The second-order valence-electron chi connectivity index (χ2n) is 5.92. The molecular weight excluding hydrogens is 337 g/mol. The maximum atomic E-state index is 12.8. The molecule has 0 heterocycles. The molecule has 1 aliphatic carbocycles. The molecule has 0 bridgehead atoms. The lowest BCUT2D eigenvalue weighted by molar-refractivity contribution is -0.384. The standard InChI is InChI=1S/C17H13F3N2O3/c18-17(19,20)12-2-1-3-13(10-12)21-15(23)16(8-9-16)11-4-6-14(7-5-11)22(24)25/h1-7,10H,8-9H2,(H,21,23). The minimum absolute atomic E-state index is 0.0630. The SMILES string of the molecule is O=C(Nc1cccc(C(F)(F)F)c1)C1(c2ccc([N+](=O)[O-])cc2)CC1. The van der Waals surface area contributed by atoms with Gasteiger partial charge >= 0.3 is 6.18 Å². The van der Waals surface area contributed by atoms with E-state index >= 15 is 0 Å². The highest BCUT2D eigenvalue weighted by Gasteiger charge is 2.51. The van der Waals surface area contributed by atoms with E-state index in [1.807, 2.05) is 0 Å². The van der Waals surface area contributed by atoms with Crippen LogP contribution in [-0.2, 0) is 16.4 Å². The van der Waals surface area contributed by atoms with Crippen molar-refractivity contribution in [3.63, 3.8) is 0 Å². The zero-order valence-electron chi connectivity index (χ0n) is 12.8. The van der Waals surface area contributed by atoms with Gasteiger partial charge in [-0.15, -0.1) is 0 Å². The van der Waals surface area contributed by atoms with Crippen molar-refractivity contribution in [3.8, 4) is 0 Å². The number of rotatable bonds is 4. The molecule has 2 aromatic rings. The zero-order chi connectivity index (χ0) is 18.2. The van der Waals surface area contributed by atoms with Crippen LogP contribution in [0.3, 0.4) is 0 Å². The summed E-state index contributed by atoms with van der Waals surface area (Å²) in [7, 11) is 0. The summed E-state index contributed by atoms with van der Waals surface area (Å²) in [5.41, 5.74) is -1.09. The molecule has 1 N–H and O–H groups in total. The first-order valence-electron chi connectivity index (χ1n) is 7.46. The van der Waals surface area contributed by atoms with E-state index in [0.717, 1.165) is 12.1 Å². The molecule has 0 saturated heterocycles. The van der Waals surface area contributed by atoms with Crippen LogP contribution in [0.5, 0.6) is 0 Å². The molecule has 0 spiro atoms. The molecule has 1 saturated carbocycles. The molecule has 0 unspecified atom stereocenters. The van der Waals surface area contributed by atoms with E-state index in [2.05, 4.69) is 5.32 Å².